The van der Waals surface area contributed by atoms with Crippen molar-refractivity contribution in [3.63, 3.8) is 0 Å². The molecule has 1 N–H and O–H groups in total. The third kappa shape index (κ3) is 4.50. The van der Waals surface area contributed by atoms with Crippen LogP contribution in [0.25, 0.3) is 0 Å². The number of hydrogen-bond acceptors (Lipinski definition) is 3. The van der Waals surface area contributed by atoms with Crippen molar-refractivity contribution >= 4 is 5.91 Å². The molecule has 26 heavy (non-hydrogen) atoms. The maximum atomic E-state index is 13.8. The number of hydrogen-bond donors (Lipinski definition) is 1. The fourth-order valence-electron chi connectivity index (χ4n) is 2.76. The van der Waals surface area contributed by atoms with E-state index in [0.29, 0.717) is 17.5 Å². The summed E-state index contributed by atoms with van der Waals surface area (Å²) in [6.07, 6.45) is -2.62. The predicted octanol–water partition coefficient (Wildman–Crippen LogP) is 3.58. The lowest BCUT2D eigenvalue weighted by molar-refractivity contribution is -0.154. The Morgan fingerprint density at radius 3 is 2.73 bits per heavy atom. The highest BCUT2D eigenvalue weighted by atomic mass is 19.4. The molecule has 0 saturated heterocycles. The van der Waals surface area contributed by atoms with E-state index < -0.39 is 12.8 Å². The SMILES string of the molecule is O=C(NCc1cccnc1OCC(F)(F)F)C1CC1c1ccccc1F. The Kier molecular flexibility index (Phi) is 5.11. The third-order valence-electron chi connectivity index (χ3n) is 4.11. The Morgan fingerprint density at radius 1 is 1.23 bits per heavy atom. The molecule has 1 aromatic heterocycles. The van der Waals surface area contributed by atoms with Gasteiger partial charge in [-0.05, 0) is 30.0 Å². The van der Waals surface area contributed by atoms with Crippen molar-refractivity contribution in [1.82, 2.24) is 10.3 Å². The Balaban J connectivity index is 1.57. The van der Waals surface area contributed by atoms with Crippen LogP contribution in [0, 0.1) is 11.7 Å². The van der Waals surface area contributed by atoms with Gasteiger partial charge in [0.1, 0.15) is 5.82 Å². The molecule has 2 aromatic rings. The molecule has 0 radical (unpaired) electrons. The van der Waals surface area contributed by atoms with E-state index in [1.54, 1.807) is 24.3 Å². The van der Waals surface area contributed by atoms with Crippen LogP contribution in [0.5, 0.6) is 5.88 Å². The van der Waals surface area contributed by atoms with Crippen molar-refractivity contribution in [1.29, 1.82) is 0 Å². The number of nitrogens with one attached hydrogen (secondary N) is 1. The predicted molar refractivity (Wildman–Crippen MR) is 84.9 cm³/mol. The number of pyridine rings is 1. The first-order chi connectivity index (χ1) is 12.3. The minimum Gasteiger partial charge on any atom is -0.468 e. The van der Waals surface area contributed by atoms with Crippen LogP contribution < -0.4 is 10.1 Å². The lowest BCUT2D eigenvalue weighted by Crippen LogP contribution is -2.26. The van der Waals surface area contributed by atoms with Crippen LogP contribution >= 0.6 is 0 Å². The third-order valence-corrected chi connectivity index (χ3v) is 4.11. The highest BCUT2D eigenvalue weighted by Crippen LogP contribution is 2.48. The zero-order valence-corrected chi connectivity index (χ0v) is 13.6. The number of carbonyl (C=O) groups is 1. The summed E-state index contributed by atoms with van der Waals surface area (Å²) < 4.78 is 55.3. The van der Waals surface area contributed by atoms with E-state index in [0.717, 1.165) is 0 Å². The first-order valence-corrected chi connectivity index (χ1v) is 8.01. The molecule has 0 spiro atoms. The standard InChI is InChI=1S/C18H16F4N2O2/c19-15-6-2-1-5-12(15)13-8-14(13)16(25)24-9-11-4-3-7-23-17(11)26-10-18(20,21)22/h1-7,13-14H,8-10H2,(H,24,25). The summed E-state index contributed by atoms with van der Waals surface area (Å²) in [6, 6.07) is 9.37. The molecule has 1 amide bonds. The number of benzene rings is 1. The number of alkyl halides is 3. The normalized spacial score (nSPS) is 19.1. The van der Waals surface area contributed by atoms with Crippen molar-refractivity contribution in [2.45, 2.75) is 25.1 Å². The van der Waals surface area contributed by atoms with Gasteiger partial charge in [0.25, 0.3) is 0 Å². The molecule has 1 saturated carbocycles. The molecule has 1 aromatic carbocycles. The van der Waals surface area contributed by atoms with Gasteiger partial charge < -0.3 is 10.1 Å². The van der Waals surface area contributed by atoms with Gasteiger partial charge in [0, 0.05) is 24.2 Å². The minimum absolute atomic E-state index is 0.0135. The Bertz CT molecular complexity index is 795. The van der Waals surface area contributed by atoms with Gasteiger partial charge in [-0.25, -0.2) is 9.37 Å². The van der Waals surface area contributed by atoms with Crippen molar-refractivity contribution < 1.29 is 27.1 Å². The van der Waals surface area contributed by atoms with Gasteiger partial charge >= 0.3 is 6.18 Å². The monoisotopic (exact) mass is 368 g/mol. The second-order valence-corrected chi connectivity index (χ2v) is 6.06. The van der Waals surface area contributed by atoms with Crippen LogP contribution in [0.2, 0.25) is 0 Å². The van der Waals surface area contributed by atoms with Crippen LogP contribution in [-0.2, 0) is 11.3 Å². The quantitative estimate of drug-likeness (QED) is 0.793. The number of rotatable bonds is 6. The molecule has 3 rings (SSSR count). The van der Waals surface area contributed by atoms with Crippen LogP contribution in [0.4, 0.5) is 17.6 Å². The zero-order chi connectivity index (χ0) is 18.7. The molecular formula is C18H16F4N2O2. The fourth-order valence-corrected chi connectivity index (χ4v) is 2.76. The number of amides is 1. The van der Waals surface area contributed by atoms with Crippen molar-refractivity contribution in [3.8, 4) is 5.88 Å². The lowest BCUT2D eigenvalue weighted by Gasteiger charge is -2.12. The topological polar surface area (TPSA) is 51.2 Å². The number of halogens is 4. The van der Waals surface area contributed by atoms with E-state index in [1.165, 1.54) is 18.3 Å². The second kappa shape index (κ2) is 7.31. The highest BCUT2D eigenvalue weighted by Gasteiger charge is 2.45. The number of nitrogens with zero attached hydrogens (tertiary/aromatic N) is 1. The molecule has 1 heterocycles. The summed E-state index contributed by atoms with van der Waals surface area (Å²) in [6.45, 7) is -1.47. The average Bonchev–Trinajstić information content (AvgIpc) is 3.39. The van der Waals surface area contributed by atoms with E-state index in [4.69, 9.17) is 0 Å². The van der Waals surface area contributed by atoms with Crippen LogP contribution in [0.3, 0.4) is 0 Å². The van der Waals surface area contributed by atoms with Crippen molar-refractivity contribution in [2.75, 3.05) is 6.61 Å². The highest BCUT2D eigenvalue weighted by molar-refractivity contribution is 5.82. The fraction of sp³-hybridized carbons (Fsp3) is 0.333. The van der Waals surface area contributed by atoms with Crippen LogP contribution in [0.15, 0.2) is 42.6 Å². The summed E-state index contributed by atoms with van der Waals surface area (Å²) in [4.78, 5) is 16.0. The molecule has 0 aliphatic heterocycles. The Labute approximate surface area is 147 Å². The molecule has 8 heteroatoms. The Morgan fingerprint density at radius 2 is 2.00 bits per heavy atom. The van der Waals surface area contributed by atoms with Gasteiger partial charge in [-0.15, -0.1) is 0 Å². The molecule has 2 unspecified atom stereocenters. The largest absolute Gasteiger partial charge is 0.468 e. The molecule has 138 valence electrons. The summed E-state index contributed by atoms with van der Waals surface area (Å²) in [5, 5.41) is 2.66. The maximum absolute atomic E-state index is 13.8. The van der Waals surface area contributed by atoms with E-state index in [2.05, 4.69) is 15.0 Å². The molecule has 1 aliphatic rings. The van der Waals surface area contributed by atoms with Gasteiger partial charge in [-0.1, -0.05) is 24.3 Å². The molecule has 2 atom stereocenters. The molecule has 1 aliphatic carbocycles. The van der Waals surface area contributed by atoms with Gasteiger partial charge in [0.2, 0.25) is 11.8 Å². The molecular weight excluding hydrogens is 352 g/mol. The van der Waals surface area contributed by atoms with E-state index in [9.17, 15) is 22.4 Å². The first-order valence-electron chi connectivity index (χ1n) is 8.01. The molecule has 1 fully saturated rings. The molecule has 0 bridgehead atoms. The van der Waals surface area contributed by atoms with E-state index in [-0.39, 0.29) is 36.0 Å². The maximum Gasteiger partial charge on any atom is 0.422 e. The first kappa shape index (κ1) is 18.2. The van der Waals surface area contributed by atoms with Crippen molar-refractivity contribution in [2.24, 2.45) is 5.92 Å². The van der Waals surface area contributed by atoms with Gasteiger partial charge in [0.15, 0.2) is 6.61 Å². The molecule has 4 nitrogen and oxygen atoms in total. The number of ether oxygens (including phenoxy) is 1. The second-order valence-electron chi connectivity index (χ2n) is 6.06. The van der Waals surface area contributed by atoms with Crippen LogP contribution in [-0.4, -0.2) is 23.7 Å². The lowest BCUT2D eigenvalue weighted by atomic mass is 10.1. The van der Waals surface area contributed by atoms with Gasteiger partial charge in [0.05, 0.1) is 0 Å². The average molecular weight is 368 g/mol. The zero-order valence-electron chi connectivity index (χ0n) is 13.6. The summed E-state index contributed by atoms with van der Waals surface area (Å²) >= 11 is 0. The minimum atomic E-state index is -4.47. The summed E-state index contributed by atoms with van der Waals surface area (Å²) in [7, 11) is 0. The summed E-state index contributed by atoms with van der Waals surface area (Å²) in [5.41, 5.74) is 0.844. The smallest absolute Gasteiger partial charge is 0.422 e. The van der Waals surface area contributed by atoms with E-state index in [1.807, 2.05) is 0 Å². The Hall–Kier alpha value is -2.64. The number of aromatic nitrogens is 1. The number of carbonyl (C=O) groups excluding carboxylic acids is 1. The van der Waals surface area contributed by atoms with Crippen LogP contribution in [0.1, 0.15) is 23.5 Å². The van der Waals surface area contributed by atoms with Gasteiger partial charge in [-0.2, -0.15) is 13.2 Å². The summed E-state index contributed by atoms with van der Waals surface area (Å²) in [5.74, 6) is -1.31. The van der Waals surface area contributed by atoms with E-state index >= 15 is 0 Å². The van der Waals surface area contributed by atoms with Gasteiger partial charge in [-0.3, -0.25) is 4.79 Å². The van der Waals surface area contributed by atoms with Crippen molar-refractivity contribution in [3.05, 3.63) is 59.5 Å².